The first-order chi connectivity index (χ1) is 9.50. The summed E-state index contributed by atoms with van der Waals surface area (Å²) in [5.74, 6) is 2.72. The third-order valence-corrected chi connectivity index (χ3v) is 8.97. The standard InChI is InChI=1S/C18H31NS/c1-16(19)12-15-10-14-8-4-2-3-6-13-7-5-9-17(14,15)18(16,20)11-13/h13-15,20H,2-12,19H2,1H3. The van der Waals surface area contributed by atoms with Crippen molar-refractivity contribution in [3.63, 3.8) is 0 Å². The highest BCUT2D eigenvalue weighted by Gasteiger charge is 2.74. The van der Waals surface area contributed by atoms with Crippen LogP contribution in [0, 0.1) is 23.2 Å². The van der Waals surface area contributed by atoms with E-state index in [1.807, 2.05) is 0 Å². The van der Waals surface area contributed by atoms with Crippen LogP contribution in [0.25, 0.3) is 0 Å². The lowest BCUT2D eigenvalue weighted by atomic mass is 9.47. The van der Waals surface area contributed by atoms with Gasteiger partial charge >= 0.3 is 0 Å². The minimum absolute atomic E-state index is 0.0443. The summed E-state index contributed by atoms with van der Waals surface area (Å²) in [6, 6.07) is 0. The Bertz CT molecular complexity index is 406. The lowest BCUT2D eigenvalue weighted by Crippen LogP contribution is -2.63. The van der Waals surface area contributed by atoms with Crippen molar-refractivity contribution in [2.24, 2.45) is 28.9 Å². The highest BCUT2D eigenvalue weighted by Crippen LogP contribution is 2.75. The normalized spacial score (nSPS) is 58.6. The van der Waals surface area contributed by atoms with Gasteiger partial charge in [0.2, 0.25) is 0 Å². The first-order valence-corrected chi connectivity index (χ1v) is 9.46. The fourth-order valence-corrected chi connectivity index (χ4v) is 7.78. The van der Waals surface area contributed by atoms with E-state index in [4.69, 9.17) is 18.4 Å². The van der Waals surface area contributed by atoms with Crippen LogP contribution >= 0.6 is 12.6 Å². The molecule has 4 aliphatic carbocycles. The summed E-state index contributed by atoms with van der Waals surface area (Å²) in [6.07, 6.45) is 15.6. The Hall–Kier alpha value is 0.310. The molecule has 0 saturated heterocycles. The fourth-order valence-electron chi connectivity index (χ4n) is 6.95. The first-order valence-electron chi connectivity index (χ1n) is 9.01. The number of nitrogens with two attached hydrogens (primary N) is 1. The molecular formula is C18H31NS. The van der Waals surface area contributed by atoms with Gasteiger partial charge in [-0.25, -0.2) is 0 Å². The fraction of sp³-hybridized carbons (Fsp3) is 1.00. The summed E-state index contributed by atoms with van der Waals surface area (Å²) in [7, 11) is 0. The van der Waals surface area contributed by atoms with Gasteiger partial charge in [0.1, 0.15) is 0 Å². The Balaban J connectivity index is 1.79. The van der Waals surface area contributed by atoms with Gasteiger partial charge in [-0.1, -0.05) is 38.5 Å². The van der Waals surface area contributed by atoms with Gasteiger partial charge in [0.15, 0.2) is 0 Å². The van der Waals surface area contributed by atoms with E-state index < -0.39 is 0 Å². The second kappa shape index (κ2) is 4.41. The third kappa shape index (κ3) is 1.56. The molecule has 0 aliphatic heterocycles. The monoisotopic (exact) mass is 293 g/mol. The Morgan fingerprint density at radius 2 is 1.70 bits per heavy atom. The quantitative estimate of drug-likeness (QED) is 0.629. The van der Waals surface area contributed by atoms with E-state index in [0.29, 0.717) is 5.41 Å². The third-order valence-electron chi connectivity index (χ3n) is 7.86. The zero-order valence-electron chi connectivity index (χ0n) is 13.0. The van der Waals surface area contributed by atoms with E-state index in [2.05, 4.69) is 6.92 Å². The van der Waals surface area contributed by atoms with E-state index in [-0.39, 0.29) is 10.3 Å². The van der Waals surface area contributed by atoms with Crippen LogP contribution in [0.15, 0.2) is 0 Å². The minimum Gasteiger partial charge on any atom is -0.324 e. The van der Waals surface area contributed by atoms with Crippen LogP contribution in [0.5, 0.6) is 0 Å². The summed E-state index contributed by atoms with van der Waals surface area (Å²) in [6.45, 7) is 2.32. The van der Waals surface area contributed by atoms with Gasteiger partial charge in [-0.05, 0) is 62.2 Å². The second-order valence-electron chi connectivity index (χ2n) is 8.75. The van der Waals surface area contributed by atoms with E-state index in [9.17, 15) is 0 Å². The Kier molecular flexibility index (Phi) is 3.07. The average Bonchev–Trinajstić information content (AvgIpc) is 2.51. The van der Waals surface area contributed by atoms with Crippen LogP contribution in [0.3, 0.4) is 0 Å². The molecule has 4 aliphatic rings. The molecule has 1 nitrogen and oxygen atoms in total. The molecule has 20 heavy (non-hydrogen) atoms. The smallest absolute Gasteiger partial charge is 0.0370 e. The number of rotatable bonds is 0. The van der Waals surface area contributed by atoms with Crippen LogP contribution in [-0.4, -0.2) is 10.3 Å². The molecule has 1 spiro atoms. The van der Waals surface area contributed by atoms with E-state index in [1.165, 1.54) is 70.6 Å². The van der Waals surface area contributed by atoms with Crippen molar-refractivity contribution < 1.29 is 0 Å². The highest BCUT2D eigenvalue weighted by atomic mass is 32.1. The molecule has 114 valence electrons. The van der Waals surface area contributed by atoms with Gasteiger partial charge in [-0.2, -0.15) is 12.6 Å². The topological polar surface area (TPSA) is 26.0 Å². The zero-order chi connectivity index (χ0) is 14.0. The summed E-state index contributed by atoms with van der Waals surface area (Å²) in [4.78, 5) is 0. The number of hydrogen-bond donors (Lipinski definition) is 2. The second-order valence-corrected chi connectivity index (χ2v) is 9.52. The molecule has 4 saturated carbocycles. The summed E-state index contributed by atoms with van der Waals surface area (Å²) in [5, 5.41) is 0. The number of thiol groups is 1. The maximum absolute atomic E-state index is 6.87. The van der Waals surface area contributed by atoms with Crippen molar-refractivity contribution in [2.75, 3.05) is 0 Å². The predicted molar refractivity (Wildman–Crippen MR) is 88.0 cm³/mol. The van der Waals surface area contributed by atoms with Gasteiger partial charge < -0.3 is 5.73 Å². The molecule has 0 amide bonds. The zero-order valence-corrected chi connectivity index (χ0v) is 13.9. The molecule has 0 aromatic carbocycles. The minimum atomic E-state index is -0.0443. The molecule has 4 fully saturated rings. The largest absolute Gasteiger partial charge is 0.324 e. The summed E-state index contributed by atoms with van der Waals surface area (Å²) >= 11 is 5.42. The van der Waals surface area contributed by atoms with Gasteiger partial charge in [-0.15, -0.1) is 0 Å². The summed E-state index contributed by atoms with van der Waals surface area (Å²) < 4.78 is 0.117. The van der Waals surface area contributed by atoms with E-state index >= 15 is 0 Å². The van der Waals surface area contributed by atoms with Crippen LogP contribution in [0.2, 0.25) is 0 Å². The maximum Gasteiger partial charge on any atom is 0.0370 e. The first kappa shape index (κ1) is 13.9. The molecular weight excluding hydrogens is 262 g/mol. The molecule has 0 aromatic heterocycles. The Morgan fingerprint density at radius 1 is 0.950 bits per heavy atom. The Morgan fingerprint density at radius 3 is 2.55 bits per heavy atom. The van der Waals surface area contributed by atoms with Crippen molar-refractivity contribution in [2.45, 2.75) is 87.8 Å². The van der Waals surface area contributed by atoms with Gasteiger partial charge in [0.05, 0.1) is 0 Å². The van der Waals surface area contributed by atoms with E-state index in [1.54, 1.807) is 0 Å². The lowest BCUT2D eigenvalue weighted by Gasteiger charge is -2.61. The molecule has 2 N–H and O–H groups in total. The van der Waals surface area contributed by atoms with Crippen molar-refractivity contribution in [3.8, 4) is 0 Å². The predicted octanol–water partition coefficient (Wildman–Crippen LogP) is 4.55. The van der Waals surface area contributed by atoms with Crippen LogP contribution in [0.1, 0.15) is 77.6 Å². The molecule has 4 rings (SSSR count). The van der Waals surface area contributed by atoms with Crippen LogP contribution in [0.4, 0.5) is 0 Å². The Labute approximate surface area is 129 Å². The van der Waals surface area contributed by atoms with Gasteiger partial charge in [0, 0.05) is 10.3 Å². The lowest BCUT2D eigenvalue weighted by molar-refractivity contribution is -0.0654. The SMILES string of the molecule is CC1(N)CC2CC3CCCCCC4CCCC32C1(S)C4. The summed E-state index contributed by atoms with van der Waals surface area (Å²) in [5.41, 5.74) is 7.33. The molecule has 0 radical (unpaired) electrons. The molecule has 2 bridgehead atoms. The van der Waals surface area contributed by atoms with Crippen LogP contribution < -0.4 is 5.73 Å². The number of fused-ring (bicyclic) bond motifs is 1. The van der Waals surface area contributed by atoms with Gasteiger partial charge in [0.25, 0.3) is 0 Å². The highest BCUT2D eigenvalue weighted by molar-refractivity contribution is 7.82. The molecule has 2 heteroatoms. The molecule has 6 atom stereocenters. The molecule has 6 unspecified atom stereocenters. The van der Waals surface area contributed by atoms with Gasteiger partial charge in [-0.3, -0.25) is 0 Å². The van der Waals surface area contributed by atoms with E-state index in [0.717, 1.165) is 17.8 Å². The van der Waals surface area contributed by atoms with Crippen molar-refractivity contribution in [1.29, 1.82) is 0 Å². The van der Waals surface area contributed by atoms with Crippen molar-refractivity contribution in [3.05, 3.63) is 0 Å². The molecule has 0 aromatic rings. The average molecular weight is 294 g/mol. The van der Waals surface area contributed by atoms with Crippen molar-refractivity contribution >= 4 is 12.6 Å². The number of hydrogen-bond acceptors (Lipinski definition) is 2. The van der Waals surface area contributed by atoms with Crippen LogP contribution in [-0.2, 0) is 0 Å². The maximum atomic E-state index is 6.87. The molecule has 0 heterocycles. The van der Waals surface area contributed by atoms with Crippen molar-refractivity contribution in [1.82, 2.24) is 0 Å².